The lowest BCUT2D eigenvalue weighted by atomic mass is 10.2. The lowest BCUT2D eigenvalue weighted by Gasteiger charge is -2.10. The minimum Gasteiger partial charge on any atom is -0.325 e. The smallest absolute Gasteiger partial charge is 0.237 e. The molecule has 0 aliphatic heterocycles. The van der Waals surface area contributed by atoms with E-state index in [1.54, 1.807) is 31.2 Å². The van der Waals surface area contributed by atoms with Crippen molar-refractivity contribution < 1.29 is 4.79 Å². The molecular formula is C12H11N5OS. The molecule has 0 saturated carbocycles. The fraction of sp³-hybridized carbons (Fsp3) is 0.167. The highest BCUT2D eigenvalue weighted by molar-refractivity contribution is 8.00. The van der Waals surface area contributed by atoms with Crippen LogP contribution < -0.4 is 5.32 Å². The number of amides is 1. The van der Waals surface area contributed by atoms with Gasteiger partial charge in [0.2, 0.25) is 5.91 Å². The molecule has 6 nitrogen and oxygen atoms in total. The number of hydrogen-bond donors (Lipinski definition) is 2. The monoisotopic (exact) mass is 273 g/mol. The van der Waals surface area contributed by atoms with Gasteiger partial charge in [-0.15, -0.1) is 0 Å². The van der Waals surface area contributed by atoms with E-state index in [1.165, 1.54) is 18.1 Å². The number of benzene rings is 1. The van der Waals surface area contributed by atoms with Crippen LogP contribution in [0.25, 0.3) is 0 Å². The molecule has 0 bridgehead atoms. The summed E-state index contributed by atoms with van der Waals surface area (Å²) in [6, 6.07) is 8.80. The van der Waals surface area contributed by atoms with Crippen LogP contribution in [0.5, 0.6) is 0 Å². The van der Waals surface area contributed by atoms with Gasteiger partial charge in [-0.25, -0.2) is 4.98 Å². The Bertz CT molecular complexity index is 605. The Morgan fingerprint density at radius 3 is 3.11 bits per heavy atom. The van der Waals surface area contributed by atoms with E-state index in [-0.39, 0.29) is 11.2 Å². The number of hydrogen-bond acceptors (Lipinski definition) is 5. The second kappa shape index (κ2) is 6.02. The van der Waals surface area contributed by atoms with Crippen LogP contribution in [0, 0.1) is 11.3 Å². The second-order valence-electron chi connectivity index (χ2n) is 3.73. The fourth-order valence-corrected chi connectivity index (χ4v) is 2.10. The number of nitrogens with one attached hydrogen (secondary N) is 2. The summed E-state index contributed by atoms with van der Waals surface area (Å²) in [7, 11) is 0. The zero-order valence-electron chi connectivity index (χ0n) is 10.1. The van der Waals surface area contributed by atoms with E-state index in [4.69, 9.17) is 5.26 Å². The van der Waals surface area contributed by atoms with Gasteiger partial charge in [-0.1, -0.05) is 17.8 Å². The third-order valence-corrected chi connectivity index (χ3v) is 3.30. The Morgan fingerprint density at radius 2 is 2.42 bits per heavy atom. The van der Waals surface area contributed by atoms with Crippen molar-refractivity contribution in [3.05, 3.63) is 36.2 Å². The van der Waals surface area contributed by atoms with Crippen molar-refractivity contribution in [2.24, 2.45) is 0 Å². The maximum atomic E-state index is 12.0. The van der Waals surface area contributed by atoms with Crippen LogP contribution in [-0.4, -0.2) is 26.3 Å². The number of anilines is 1. The Kier molecular flexibility index (Phi) is 4.15. The third-order valence-electron chi connectivity index (χ3n) is 2.31. The van der Waals surface area contributed by atoms with E-state index in [9.17, 15) is 4.79 Å². The highest BCUT2D eigenvalue weighted by atomic mass is 32.2. The summed E-state index contributed by atoms with van der Waals surface area (Å²) in [6.45, 7) is 1.77. The van der Waals surface area contributed by atoms with Crippen molar-refractivity contribution >= 4 is 23.4 Å². The maximum Gasteiger partial charge on any atom is 0.237 e. The molecule has 1 amide bonds. The molecule has 2 aromatic rings. The molecule has 0 unspecified atom stereocenters. The summed E-state index contributed by atoms with van der Waals surface area (Å²) in [5.41, 5.74) is 1.11. The fourth-order valence-electron chi connectivity index (χ4n) is 1.38. The first kappa shape index (κ1) is 13.1. The van der Waals surface area contributed by atoms with Crippen molar-refractivity contribution in [1.29, 1.82) is 5.26 Å². The molecule has 1 aromatic heterocycles. The number of H-pyrrole nitrogens is 1. The molecule has 0 spiro atoms. The minimum atomic E-state index is -0.321. The molecule has 0 radical (unpaired) electrons. The number of carbonyl (C=O) groups is 1. The average Bonchev–Trinajstić information content (AvgIpc) is 2.91. The van der Waals surface area contributed by atoms with Gasteiger partial charge >= 0.3 is 0 Å². The van der Waals surface area contributed by atoms with Gasteiger partial charge in [0, 0.05) is 5.69 Å². The third kappa shape index (κ3) is 3.56. The summed E-state index contributed by atoms with van der Waals surface area (Å²) < 4.78 is 0. The summed E-state index contributed by atoms with van der Waals surface area (Å²) in [6.07, 6.45) is 1.39. The van der Waals surface area contributed by atoms with Crippen LogP contribution in [0.1, 0.15) is 12.5 Å². The van der Waals surface area contributed by atoms with Crippen molar-refractivity contribution in [1.82, 2.24) is 15.2 Å². The Balaban J connectivity index is 1.98. The van der Waals surface area contributed by atoms with Gasteiger partial charge in [0.1, 0.15) is 6.33 Å². The number of nitriles is 1. The number of thioether (sulfide) groups is 1. The van der Waals surface area contributed by atoms with Crippen molar-refractivity contribution in [2.45, 2.75) is 17.3 Å². The Hall–Kier alpha value is -2.33. The topological polar surface area (TPSA) is 94.5 Å². The predicted molar refractivity (Wildman–Crippen MR) is 71.5 cm³/mol. The van der Waals surface area contributed by atoms with Gasteiger partial charge in [0.05, 0.1) is 16.9 Å². The molecule has 19 heavy (non-hydrogen) atoms. The van der Waals surface area contributed by atoms with E-state index < -0.39 is 0 Å². The van der Waals surface area contributed by atoms with E-state index in [0.717, 1.165) is 0 Å². The van der Waals surface area contributed by atoms with Gasteiger partial charge in [-0.3, -0.25) is 9.89 Å². The zero-order valence-corrected chi connectivity index (χ0v) is 10.9. The maximum absolute atomic E-state index is 12.0. The van der Waals surface area contributed by atoms with Crippen LogP contribution in [0.15, 0.2) is 35.7 Å². The molecular weight excluding hydrogens is 262 g/mol. The van der Waals surface area contributed by atoms with Crippen LogP contribution in [0.3, 0.4) is 0 Å². The van der Waals surface area contributed by atoms with E-state index in [2.05, 4.69) is 20.5 Å². The summed E-state index contributed by atoms with van der Waals surface area (Å²) in [5, 5.41) is 18.2. The standard InChI is InChI=1S/C12H11N5OS/c1-8(19-12-14-7-15-17-12)11(18)16-10-4-2-3-9(5-10)6-13/h2-5,7-8H,1H3,(H,16,18)(H,14,15,17)/t8-/m0/s1. The van der Waals surface area contributed by atoms with Gasteiger partial charge in [0.15, 0.2) is 5.16 Å². The predicted octanol–water partition coefficient (Wildman–Crippen LogP) is 1.80. The van der Waals surface area contributed by atoms with E-state index >= 15 is 0 Å². The number of carbonyl (C=O) groups excluding carboxylic acids is 1. The van der Waals surface area contributed by atoms with E-state index in [0.29, 0.717) is 16.4 Å². The second-order valence-corrected chi connectivity index (χ2v) is 5.06. The summed E-state index contributed by atoms with van der Waals surface area (Å²) >= 11 is 1.28. The van der Waals surface area contributed by atoms with Crippen molar-refractivity contribution in [3.8, 4) is 6.07 Å². The molecule has 1 aromatic carbocycles. The highest BCUT2D eigenvalue weighted by Crippen LogP contribution is 2.20. The van der Waals surface area contributed by atoms with Crippen molar-refractivity contribution in [3.63, 3.8) is 0 Å². The molecule has 1 heterocycles. The van der Waals surface area contributed by atoms with Crippen LogP contribution in [0.4, 0.5) is 5.69 Å². The molecule has 96 valence electrons. The number of aromatic nitrogens is 3. The first-order valence-corrected chi connectivity index (χ1v) is 6.40. The molecule has 0 aliphatic carbocycles. The van der Waals surface area contributed by atoms with Gasteiger partial charge < -0.3 is 5.32 Å². The number of nitrogens with zero attached hydrogens (tertiary/aromatic N) is 3. The number of aromatic amines is 1. The highest BCUT2D eigenvalue weighted by Gasteiger charge is 2.16. The number of rotatable bonds is 4. The quantitative estimate of drug-likeness (QED) is 0.828. The molecule has 0 fully saturated rings. The molecule has 7 heteroatoms. The summed E-state index contributed by atoms with van der Waals surface area (Å²) in [4.78, 5) is 15.9. The zero-order chi connectivity index (χ0) is 13.7. The Morgan fingerprint density at radius 1 is 1.58 bits per heavy atom. The normalized spacial score (nSPS) is 11.6. The van der Waals surface area contributed by atoms with Crippen LogP contribution in [0.2, 0.25) is 0 Å². The van der Waals surface area contributed by atoms with E-state index in [1.807, 2.05) is 6.07 Å². The minimum absolute atomic E-state index is 0.156. The average molecular weight is 273 g/mol. The first-order valence-electron chi connectivity index (χ1n) is 5.52. The lowest BCUT2D eigenvalue weighted by Crippen LogP contribution is -2.22. The molecule has 2 rings (SSSR count). The first-order chi connectivity index (χ1) is 9.19. The largest absolute Gasteiger partial charge is 0.325 e. The SMILES string of the molecule is C[C@H](Sc1ncn[nH]1)C(=O)Nc1cccc(C#N)c1. The lowest BCUT2D eigenvalue weighted by molar-refractivity contribution is -0.115. The van der Waals surface area contributed by atoms with Gasteiger partial charge in [-0.2, -0.15) is 10.4 Å². The van der Waals surface area contributed by atoms with Crippen LogP contribution in [-0.2, 0) is 4.79 Å². The van der Waals surface area contributed by atoms with Gasteiger partial charge in [-0.05, 0) is 25.1 Å². The van der Waals surface area contributed by atoms with Gasteiger partial charge in [0.25, 0.3) is 0 Å². The Labute approximate surface area is 114 Å². The van der Waals surface area contributed by atoms with Crippen LogP contribution >= 0.6 is 11.8 Å². The summed E-state index contributed by atoms with van der Waals surface area (Å²) in [5.74, 6) is -0.156. The molecule has 0 aliphatic rings. The molecule has 1 atom stereocenters. The van der Waals surface area contributed by atoms with Crippen molar-refractivity contribution in [2.75, 3.05) is 5.32 Å². The molecule has 0 saturated heterocycles. The molecule has 2 N–H and O–H groups in total.